The molecular formula is C13H17N3O2. The molecule has 2 heterocycles. The summed E-state index contributed by atoms with van der Waals surface area (Å²) in [5.41, 5.74) is 5.94. The van der Waals surface area contributed by atoms with E-state index in [4.69, 9.17) is 5.73 Å². The first-order valence-corrected chi connectivity index (χ1v) is 6.10. The van der Waals surface area contributed by atoms with E-state index in [-0.39, 0.29) is 17.6 Å². The van der Waals surface area contributed by atoms with Gasteiger partial charge in [0.15, 0.2) is 5.78 Å². The van der Waals surface area contributed by atoms with Crippen LogP contribution in [0.15, 0.2) is 18.3 Å². The molecule has 0 aliphatic carbocycles. The molecule has 1 aromatic rings. The molecule has 0 aromatic carbocycles. The van der Waals surface area contributed by atoms with Crippen molar-refractivity contribution in [2.24, 2.45) is 11.7 Å². The van der Waals surface area contributed by atoms with Crippen LogP contribution >= 0.6 is 0 Å². The molecule has 2 rings (SSSR count). The number of aromatic nitrogens is 1. The third kappa shape index (κ3) is 2.50. The van der Waals surface area contributed by atoms with E-state index in [2.05, 4.69) is 9.88 Å². The summed E-state index contributed by atoms with van der Waals surface area (Å²) in [4.78, 5) is 29.0. The zero-order valence-electron chi connectivity index (χ0n) is 10.4. The summed E-state index contributed by atoms with van der Waals surface area (Å²) < 4.78 is 0. The van der Waals surface area contributed by atoms with Crippen molar-refractivity contribution in [2.75, 3.05) is 18.0 Å². The molecule has 5 heteroatoms. The second kappa shape index (κ2) is 5.16. The molecule has 1 saturated heterocycles. The van der Waals surface area contributed by atoms with Gasteiger partial charge < -0.3 is 10.6 Å². The Labute approximate surface area is 106 Å². The first-order chi connectivity index (χ1) is 8.59. The largest absolute Gasteiger partial charge is 0.369 e. The number of carbonyl (C=O) groups excluding carboxylic acids is 2. The molecule has 0 bridgehead atoms. The lowest BCUT2D eigenvalue weighted by atomic mass is 9.96. The molecule has 1 aromatic heterocycles. The Bertz CT molecular complexity index is 465. The van der Waals surface area contributed by atoms with Gasteiger partial charge in [-0.1, -0.05) is 0 Å². The minimum Gasteiger partial charge on any atom is -0.369 e. The predicted octanol–water partition coefficient (Wildman–Crippen LogP) is 0.986. The Kier molecular flexibility index (Phi) is 3.60. The minimum absolute atomic E-state index is 0.00937. The van der Waals surface area contributed by atoms with Gasteiger partial charge in [0.25, 0.3) is 0 Å². The fourth-order valence-corrected chi connectivity index (χ4v) is 2.30. The molecule has 1 fully saturated rings. The zero-order valence-corrected chi connectivity index (χ0v) is 10.4. The molecule has 96 valence electrons. The second-order valence-corrected chi connectivity index (χ2v) is 4.59. The molecule has 1 aliphatic heterocycles. The molecule has 0 spiro atoms. The first-order valence-electron chi connectivity index (χ1n) is 6.10. The van der Waals surface area contributed by atoms with Crippen LogP contribution in [0.5, 0.6) is 0 Å². The molecule has 1 amide bonds. The molecule has 5 nitrogen and oxygen atoms in total. The molecule has 1 aliphatic rings. The van der Waals surface area contributed by atoms with Gasteiger partial charge in [-0.3, -0.25) is 9.59 Å². The van der Waals surface area contributed by atoms with Gasteiger partial charge in [0, 0.05) is 25.2 Å². The van der Waals surface area contributed by atoms with Crippen molar-refractivity contribution in [2.45, 2.75) is 19.8 Å². The van der Waals surface area contributed by atoms with Crippen LogP contribution in [0.1, 0.15) is 30.1 Å². The summed E-state index contributed by atoms with van der Waals surface area (Å²) in [5.74, 6) is 0.441. The molecule has 0 unspecified atom stereocenters. The van der Waals surface area contributed by atoms with E-state index in [1.165, 1.54) is 6.92 Å². The highest BCUT2D eigenvalue weighted by Gasteiger charge is 2.25. The monoisotopic (exact) mass is 247 g/mol. The van der Waals surface area contributed by atoms with Crippen molar-refractivity contribution >= 4 is 17.5 Å². The van der Waals surface area contributed by atoms with Gasteiger partial charge in [0.1, 0.15) is 5.82 Å². The number of nitrogens with zero attached hydrogens (tertiary/aromatic N) is 2. The highest BCUT2D eigenvalue weighted by molar-refractivity contribution is 5.98. The third-order valence-electron chi connectivity index (χ3n) is 3.36. The van der Waals surface area contributed by atoms with Gasteiger partial charge in [-0.25, -0.2) is 4.98 Å². The number of amides is 1. The average molecular weight is 247 g/mol. The number of rotatable bonds is 3. The highest BCUT2D eigenvalue weighted by atomic mass is 16.1. The maximum Gasteiger partial charge on any atom is 0.220 e. The van der Waals surface area contributed by atoms with Crippen LogP contribution in [0.3, 0.4) is 0 Å². The quantitative estimate of drug-likeness (QED) is 0.808. The van der Waals surface area contributed by atoms with Gasteiger partial charge in [0.2, 0.25) is 5.91 Å². The summed E-state index contributed by atoms with van der Waals surface area (Å²) in [6.07, 6.45) is 3.13. The van der Waals surface area contributed by atoms with E-state index in [1.807, 2.05) is 0 Å². The zero-order chi connectivity index (χ0) is 13.1. The normalized spacial score (nSPS) is 16.6. The lowest BCUT2D eigenvalue weighted by Crippen LogP contribution is -2.39. The van der Waals surface area contributed by atoms with Gasteiger partial charge >= 0.3 is 0 Å². The standard InChI is InChI=1S/C13H17N3O2/c1-9(17)11-3-2-6-15-13(11)16-7-4-10(5-8-16)12(14)18/h2-3,6,10H,4-5,7-8H2,1H3,(H2,14,18). The number of hydrogen-bond donors (Lipinski definition) is 1. The van der Waals surface area contributed by atoms with Gasteiger partial charge in [-0.15, -0.1) is 0 Å². The van der Waals surface area contributed by atoms with E-state index in [1.54, 1.807) is 18.3 Å². The molecule has 18 heavy (non-hydrogen) atoms. The summed E-state index contributed by atoms with van der Waals surface area (Å²) in [5, 5.41) is 0. The van der Waals surface area contributed by atoms with Crippen LogP contribution in [0.2, 0.25) is 0 Å². The lowest BCUT2D eigenvalue weighted by molar-refractivity contribution is -0.122. The number of Topliss-reactive ketones (excluding diaryl/α,β-unsaturated/α-hetero) is 1. The minimum atomic E-state index is -0.234. The number of primary amides is 1. The van der Waals surface area contributed by atoms with Gasteiger partial charge in [0.05, 0.1) is 5.56 Å². The van der Waals surface area contributed by atoms with Crippen molar-refractivity contribution in [1.82, 2.24) is 4.98 Å². The Balaban J connectivity index is 2.15. The second-order valence-electron chi connectivity index (χ2n) is 4.59. The topological polar surface area (TPSA) is 76.3 Å². The van der Waals surface area contributed by atoms with Crippen molar-refractivity contribution in [3.63, 3.8) is 0 Å². The maximum atomic E-state index is 11.5. The fourth-order valence-electron chi connectivity index (χ4n) is 2.30. The van der Waals surface area contributed by atoms with Crippen LogP contribution in [0.4, 0.5) is 5.82 Å². The molecule has 0 saturated carbocycles. The predicted molar refractivity (Wildman–Crippen MR) is 68.4 cm³/mol. The molecule has 2 N–H and O–H groups in total. The number of piperidine rings is 1. The number of pyridine rings is 1. The fraction of sp³-hybridized carbons (Fsp3) is 0.462. The van der Waals surface area contributed by atoms with Crippen molar-refractivity contribution < 1.29 is 9.59 Å². The molecule has 0 atom stereocenters. The van der Waals surface area contributed by atoms with Crippen LogP contribution in [0, 0.1) is 5.92 Å². The van der Waals surface area contributed by atoms with Gasteiger partial charge in [-0.05, 0) is 31.9 Å². The third-order valence-corrected chi connectivity index (χ3v) is 3.36. The van der Waals surface area contributed by atoms with E-state index < -0.39 is 0 Å². The van der Waals surface area contributed by atoms with Crippen LogP contribution in [-0.4, -0.2) is 29.8 Å². The number of hydrogen-bond acceptors (Lipinski definition) is 4. The van der Waals surface area contributed by atoms with E-state index in [0.717, 1.165) is 12.8 Å². The highest BCUT2D eigenvalue weighted by Crippen LogP contribution is 2.24. The Morgan fingerprint density at radius 2 is 2.06 bits per heavy atom. The first kappa shape index (κ1) is 12.5. The number of carbonyl (C=O) groups is 2. The van der Waals surface area contributed by atoms with E-state index in [9.17, 15) is 9.59 Å². The van der Waals surface area contributed by atoms with Crippen LogP contribution < -0.4 is 10.6 Å². The van der Waals surface area contributed by atoms with Crippen molar-refractivity contribution in [3.05, 3.63) is 23.9 Å². The Morgan fingerprint density at radius 3 is 2.61 bits per heavy atom. The lowest BCUT2D eigenvalue weighted by Gasteiger charge is -2.32. The molecule has 0 radical (unpaired) electrons. The summed E-state index contributed by atoms with van der Waals surface area (Å²) in [6.45, 7) is 2.96. The Hall–Kier alpha value is -1.91. The SMILES string of the molecule is CC(=O)c1cccnc1N1CCC(C(N)=O)CC1. The van der Waals surface area contributed by atoms with Crippen molar-refractivity contribution in [3.8, 4) is 0 Å². The summed E-state index contributed by atoms with van der Waals surface area (Å²) in [6, 6.07) is 3.54. The van der Waals surface area contributed by atoms with Crippen molar-refractivity contribution in [1.29, 1.82) is 0 Å². The average Bonchev–Trinajstić information content (AvgIpc) is 2.39. The summed E-state index contributed by atoms with van der Waals surface area (Å²) >= 11 is 0. The van der Waals surface area contributed by atoms with E-state index >= 15 is 0 Å². The maximum absolute atomic E-state index is 11.5. The smallest absolute Gasteiger partial charge is 0.220 e. The van der Waals surface area contributed by atoms with Crippen LogP contribution in [-0.2, 0) is 4.79 Å². The molecular weight excluding hydrogens is 230 g/mol. The Morgan fingerprint density at radius 1 is 1.39 bits per heavy atom. The van der Waals surface area contributed by atoms with Gasteiger partial charge in [-0.2, -0.15) is 0 Å². The summed E-state index contributed by atoms with van der Waals surface area (Å²) in [7, 11) is 0. The van der Waals surface area contributed by atoms with Crippen LogP contribution in [0.25, 0.3) is 0 Å². The number of nitrogens with two attached hydrogens (primary N) is 1. The number of ketones is 1. The van der Waals surface area contributed by atoms with E-state index in [0.29, 0.717) is 24.5 Å². The number of anilines is 1.